The van der Waals surface area contributed by atoms with E-state index in [-0.39, 0.29) is 0 Å². The molecule has 0 radical (unpaired) electrons. The summed E-state index contributed by atoms with van der Waals surface area (Å²) in [5.41, 5.74) is 0. The minimum atomic E-state index is -1.33. The predicted molar refractivity (Wildman–Crippen MR) is 67.1 cm³/mol. The van der Waals surface area contributed by atoms with Crippen molar-refractivity contribution in [1.29, 1.82) is 0 Å². The number of aromatic hydroxyl groups is 1. The zero-order valence-corrected chi connectivity index (χ0v) is 11.2. The average molecular weight is 318 g/mol. The van der Waals surface area contributed by atoms with Gasteiger partial charge < -0.3 is 19.3 Å². The number of phenols is 1. The molecule has 4 nitrogen and oxygen atoms in total. The lowest BCUT2D eigenvalue weighted by Gasteiger charge is -2.12. The van der Waals surface area contributed by atoms with Crippen molar-refractivity contribution in [2.24, 2.45) is 0 Å². The summed E-state index contributed by atoms with van der Waals surface area (Å²) in [5, 5.41) is 9.10. The van der Waals surface area contributed by atoms with Crippen molar-refractivity contribution in [2.45, 2.75) is 0 Å². The molecule has 22 heavy (non-hydrogen) atoms. The molecule has 0 saturated heterocycles. The van der Waals surface area contributed by atoms with Crippen LogP contribution in [0.25, 0.3) is 0 Å². The molecular formula is C14H10F4O4. The second-order valence-electron chi connectivity index (χ2n) is 4.04. The van der Waals surface area contributed by atoms with Gasteiger partial charge >= 0.3 is 0 Å². The minimum absolute atomic E-state index is 0.398. The van der Waals surface area contributed by atoms with Crippen LogP contribution in [0.15, 0.2) is 24.3 Å². The fourth-order valence-corrected chi connectivity index (χ4v) is 1.60. The summed E-state index contributed by atoms with van der Waals surface area (Å²) in [4.78, 5) is 0. The van der Waals surface area contributed by atoms with Gasteiger partial charge in [-0.05, 0) is 12.1 Å². The second kappa shape index (κ2) is 6.42. The maximum atomic E-state index is 13.7. The van der Waals surface area contributed by atoms with Crippen molar-refractivity contribution in [1.82, 2.24) is 0 Å². The molecule has 1 N–H and O–H groups in total. The molecule has 0 bridgehead atoms. The summed E-state index contributed by atoms with van der Waals surface area (Å²) in [6.07, 6.45) is 0. The van der Waals surface area contributed by atoms with Gasteiger partial charge in [-0.25, -0.2) is 8.78 Å². The highest BCUT2D eigenvalue weighted by Crippen LogP contribution is 2.30. The number of halogens is 4. The highest BCUT2D eigenvalue weighted by molar-refractivity contribution is 5.37. The Morgan fingerprint density at radius 3 is 2.32 bits per heavy atom. The number of hydrogen-bond donors (Lipinski definition) is 1. The van der Waals surface area contributed by atoms with Crippen LogP contribution in [0.5, 0.6) is 23.0 Å². The zero-order chi connectivity index (χ0) is 16.3. The van der Waals surface area contributed by atoms with E-state index in [1.54, 1.807) is 0 Å². The summed E-state index contributed by atoms with van der Waals surface area (Å²) in [6, 6.07) is 3.10. The first kappa shape index (κ1) is 15.7. The van der Waals surface area contributed by atoms with Gasteiger partial charge in [-0.1, -0.05) is 0 Å². The standard InChI is InChI=1S/C14H10F4O4/c1-20-10-4-7(15)5-11(13(10)18)21-6-22-14-8(16)2-3-9(19)12(14)17/h2-5,19H,6H2,1H3. The van der Waals surface area contributed by atoms with Crippen LogP contribution in [-0.2, 0) is 0 Å². The van der Waals surface area contributed by atoms with Crippen LogP contribution in [0, 0.1) is 23.3 Å². The fraction of sp³-hybridized carbons (Fsp3) is 0.143. The normalized spacial score (nSPS) is 10.4. The Kier molecular flexibility index (Phi) is 4.59. The van der Waals surface area contributed by atoms with Crippen molar-refractivity contribution in [3.05, 3.63) is 47.5 Å². The molecule has 2 aromatic rings. The van der Waals surface area contributed by atoms with Gasteiger partial charge in [0.05, 0.1) is 7.11 Å². The van der Waals surface area contributed by atoms with Crippen LogP contribution in [0.2, 0.25) is 0 Å². The molecule has 0 fully saturated rings. The fourth-order valence-electron chi connectivity index (χ4n) is 1.60. The Morgan fingerprint density at radius 2 is 1.64 bits per heavy atom. The molecule has 0 aliphatic carbocycles. The molecule has 0 aliphatic rings. The first-order chi connectivity index (χ1) is 10.4. The predicted octanol–water partition coefficient (Wildman–Crippen LogP) is 3.37. The molecule has 8 heteroatoms. The lowest BCUT2D eigenvalue weighted by Crippen LogP contribution is -2.09. The summed E-state index contributed by atoms with van der Waals surface area (Å²) in [5.74, 6) is -6.93. The molecule has 0 atom stereocenters. The molecule has 0 aromatic heterocycles. The van der Waals surface area contributed by atoms with Crippen molar-refractivity contribution < 1.29 is 36.9 Å². The van der Waals surface area contributed by atoms with Gasteiger partial charge in [-0.2, -0.15) is 8.78 Å². The van der Waals surface area contributed by atoms with Crippen molar-refractivity contribution in [3.8, 4) is 23.0 Å². The van der Waals surface area contributed by atoms with Crippen LogP contribution >= 0.6 is 0 Å². The number of rotatable bonds is 5. The minimum Gasteiger partial charge on any atom is -0.505 e. The van der Waals surface area contributed by atoms with Gasteiger partial charge in [-0.15, -0.1) is 0 Å². The maximum absolute atomic E-state index is 13.7. The summed E-state index contributed by atoms with van der Waals surface area (Å²) >= 11 is 0. The molecule has 0 aliphatic heterocycles. The molecule has 0 saturated carbocycles. The van der Waals surface area contributed by atoms with Crippen molar-refractivity contribution in [2.75, 3.05) is 13.9 Å². The monoisotopic (exact) mass is 318 g/mol. The van der Waals surface area contributed by atoms with E-state index in [2.05, 4.69) is 9.47 Å². The molecule has 0 heterocycles. The van der Waals surface area contributed by atoms with Gasteiger partial charge in [0, 0.05) is 12.1 Å². The average Bonchev–Trinajstić information content (AvgIpc) is 2.49. The Labute approximate surface area is 122 Å². The van der Waals surface area contributed by atoms with E-state index in [4.69, 9.17) is 9.84 Å². The molecule has 2 rings (SSSR count). The largest absolute Gasteiger partial charge is 0.505 e. The smallest absolute Gasteiger partial charge is 0.231 e. The Balaban J connectivity index is 2.12. The van der Waals surface area contributed by atoms with Crippen molar-refractivity contribution in [3.63, 3.8) is 0 Å². The highest BCUT2D eigenvalue weighted by atomic mass is 19.1. The van der Waals surface area contributed by atoms with Crippen LogP contribution in [0.4, 0.5) is 17.6 Å². The van der Waals surface area contributed by atoms with E-state index in [1.807, 2.05) is 0 Å². The van der Waals surface area contributed by atoms with Crippen LogP contribution in [-0.4, -0.2) is 19.0 Å². The number of methoxy groups -OCH3 is 1. The molecule has 0 spiro atoms. The van der Waals surface area contributed by atoms with E-state index in [0.717, 1.165) is 31.4 Å². The quantitative estimate of drug-likeness (QED) is 0.678. The van der Waals surface area contributed by atoms with Crippen LogP contribution in [0.3, 0.4) is 0 Å². The maximum Gasteiger partial charge on any atom is 0.231 e. The van der Waals surface area contributed by atoms with Crippen LogP contribution in [0.1, 0.15) is 0 Å². The van der Waals surface area contributed by atoms with E-state index in [1.165, 1.54) is 0 Å². The highest BCUT2D eigenvalue weighted by Gasteiger charge is 2.16. The summed E-state index contributed by atoms with van der Waals surface area (Å²) in [6.45, 7) is -0.819. The number of hydrogen-bond acceptors (Lipinski definition) is 4. The third-order valence-electron chi connectivity index (χ3n) is 2.64. The van der Waals surface area contributed by atoms with Crippen LogP contribution < -0.4 is 14.2 Å². The van der Waals surface area contributed by atoms with E-state index in [9.17, 15) is 17.6 Å². The molecule has 2 aromatic carbocycles. The molecule has 0 amide bonds. The number of benzene rings is 2. The topological polar surface area (TPSA) is 47.9 Å². The van der Waals surface area contributed by atoms with Gasteiger partial charge in [0.25, 0.3) is 0 Å². The third-order valence-corrected chi connectivity index (χ3v) is 2.64. The first-order valence-corrected chi connectivity index (χ1v) is 5.89. The second-order valence-corrected chi connectivity index (χ2v) is 4.04. The number of ether oxygens (including phenoxy) is 3. The molecular weight excluding hydrogens is 308 g/mol. The number of phenolic OH excluding ortho intramolecular Hbond substituents is 1. The lowest BCUT2D eigenvalue weighted by molar-refractivity contribution is 0.104. The van der Waals surface area contributed by atoms with Crippen molar-refractivity contribution >= 4 is 0 Å². The van der Waals surface area contributed by atoms with Gasteiger partial charge in [-0.3, -0.25) is 0 Å². The van der Waals surface area contributed by atoms with E-state index < -0.39 is 53.1 Å². The van der Waals surface area contributed by atoms with Gasteiger partial charge in [0.15, 0.2) is 28.8 Å². The first-order valence-electron chi connectivity index (χ1n) is 5.89. The molecule has 0 unspecified atom stereocenters. The Morgan fingerprint density at radius 1 is 0.955 bits per heavy atom. The summed E-state index contributed by atoms with van der Waals surface area (Å²) in [7, 11) is 1.13. The zero-order valence-electron chi connectivity index (χ0n) is 11.2. The Bertz CT molecular complexity index is 691. The Hall–Kier alpha value is -2.64. The molecule has 118 valence electrons. The summed E-state index contributed by atoms with van der Waals surface area (Å²) < 4.78 is 67.7. The van der Waals surface area contributed by atoms with Gasteiger partial charge in [0.1, 0.15) is 5.82 Å². The SMILES string of the molecule is COc1cc(F)cc(OCOc2c(F)ccc(O)c2F)c1F. The van der Waals surface area contributed by atoms with Gasteiger partial charge in [0.2, 0.25) is 18.4 Å². The van der Waals surface area contributed by atoms with E-state index in [0.29, 0.717) is 0 Å². The third kappa shape index (κ3) is 3.16. The lowest BCUT2D eigenvalue weighted by atomic mass is 10.3. The van der Waals surface area contributed by atoms with E-state index >= 15 is 0 Å².